The molecule has 2 aromatic carbocycles. The van der Waals surface area contributed by atoms with Gasteiger partial charge in [-0.1, -0.05) is 56.3 Å². The summed E-state index contributed by atoms with van der Waals surface area (Å²) in [6, 6.07) is 15.2. The van der Waals surface area contributed by atoms with Crippen LogP contribution in [0.25, 0.3) is 33.7 Å². The average molecular weight is 532 g/mol. The Morgan fingerprint density at radius 1 is 1.00 bits per heavy atom. The van der Waals surface area contributed by atoms with E-state index in [4.69, 9.17) is 14.4 Å². The predicted octanol–water partition coefficient (Wildman–Crippen LogP) is 5.22. The fourth-order valence-corrected chi connectivity index (χ4v) is 5.89. The zero-order valence-corrected chi connectivity index (χ0v) is 22.7. The number of fused-ring (bicyclic) bond motifs is 2. The minimum absolute atomic E-state index is 0.192. The number of aromatic amines is 1. The van der Waals surface area contributed by atoms with E-state index in [0.29, 0.717) is 24.0 Å². The minimum Gasteiger partial charge on any atom is -0.425 e. The van der Waals surface area contributed by atoms with E-state index in [0.717, 1.165) is 70.5 Å². The Kier molecular flexibility index (Phi) is 5.95. The molecule has 10 nitrogen and oxygen atoms in total. The Morgan fingerprint density at radius 2 is 1.85 bits per heavy atom. The first-order valence-electron chi connectivity index (χ1n) is 13.8. The molecule has 40 heavy (non-hydrogen) atoms. The molecule has 7 rings (SSSR count). The first-order valence-corrected chi connectivity index (χ1v) is 13.8. The van der Waals surface area contributed by atoms with Crippen LogP contribution in [0.4, 0.5) is 0 Å². The van der Waals surface area contributed by atoms with Crippen molar-refractivity contribution in [1.29, 1.82) is 0 Å². The summed E-state index contributed by atoms with van der Waals surface area (Å²) < 4.78 is 8.11. The van der Waals surface area contributed by atoms with Gasteiger partial charge in [0.25, 0.3) is 0 Å². The van der Waals surface area contributed by atoms with Crippen LogP contribution in [0.5, 0.6) is 0 Å². The molecule has 0 saturated heterocycles. The van der Waals surface area contributed by atoms with Gasteiger partial charge in [-0.3, -0.25) is 0 Å². The lowest BCUT2D eigenvalue weighted by atomic mass is 9.96. The summed E-state index contributed by atoms with van der Waals surface area (Å²) in [5.74, 6) is 2.91. The maximum absolute atomic E-state index is 5.76. The SMILES string of the molecule is CCc1nnc(Cc2cnc3c(nc(CC)n3C3CCc4cc(-c5ccccc5-c5nn[nH]n5)ccc43)c2C)o1. The normalized spacial score (nSPS) is 14.7. The summed E-state index contributed by atoms with van der Waals surface area (Å²) in [6.07, 6.45) is 6.05. The molecule has 1 atom stereocenters. The number of H-pyrrole nitrogens is 1. The highest BCUT2D eigenvalue weighted by Gasteiger charge is 2.29. The molecule has 0 radical (unpaired) electrons. The highest BCUT2D eigenvalue weighted by atomic mass is 16.4. The number of nitrogens with one attached hydrogen (secondary N) is 1. The van der Waals surface area contributed by atoms with Crippen LogP contribution in [-0.4, -0.2) is 45.4 Å². The van der Waals surface area contributed by atoms with Crippen molar-refractivity contribution in [2.24, 2.45) is 0 Å². The number of nitrogens with zero attached hydrogens (tertiary/aromatic N) is 8. The molecule has 0 amide bonds. The van der Waals surface area contributed by atoms with Crippen LogP contribution in [0.2, 0.25) is 0 Å². The van der Waals surface area contributed by atoms with Crippen LogP contribution < -0.4 is 0 Å². The van der Waals surface area contributed by atoms with Crippen molar-refractivity contribution < 1.29 is 4.42 Å². The molecule has 0 fully saturated rings. The van der Waals surface area contributed by atoms with Gasteiger partial charge in [0.1, 0.15) is 11.3 Å². The standard InChI is InChI=1S/C30H29N9O/c1-4-25-32-28-17(3)20(15-27-34-33-26(5-2)40-27)16-31-30(28)39(25)24-13-11-19-14-18(10-12-22(19)24)21-8-6-7-9-23(21)29-35-37-38-36-29/h6-10,12,14,16,24H,4-5,11,13,15H2,1-3H3,(H,35,36,37,38). The average Bonchev–Trinajstić information content (AvgIpc) is 3.80. The molecule has 4 heterocycles. The summed E-state index contributed by atoms with van der Waals surface area (Å²) in [5.41, 5.74) is 9.94. The van der Waals surface area contributed by atoms with Gasteiger partial charge in [0.05, 0.1) is 12.5 Å². The van der Waals surface area contributed by atoms with Gasteiger partial charge in [-0.15, -0.1) is 20.4 Å². The second kappa shape index (κ2) is 9.78. The van der Waals surface area contributed by atoms with Gasteiger partial charge in [0.2, 0.25) is 17.6 Å². The van der Waals surface area contributed by atoms with Crippen LogP contribution in [-0.2, 0) is 25.7 Å². The molecule has 1 unspecified atom stereocenters. The van der Waals surface area contributed by atoms with E-state index in [1.165, 1.54) is 11.1 Å². The predicted molar refractivity (Wildman–Crippen MR) is 150 cm³/mol. The van der Waals surface area contributed by atoms with E-state index >= 15 is 0 Å². The largest absolute Gasteiger partial charge is 0.425 e. The zero-order chi connectivity index (χ0) is 27.2. The molecule has 10 heteroatoms. The second-order valence-electron chi connectivity index (χ2n) is 10.2. The molecule has 4 aromatic heterocycles. The minimum atomic E-state index is 0.192. The monoisotopic (exact) mass is 531 g/mol. The number of aryl methyl sites for hydroxylation is 4. The molecule has 1 N–H and O–H groups in total. The summed E-state index contributed by atoms with van der Waals surface area (Å²) in [5, 5.41) is 23.0. The molecule has 0 spiro atoms. The van der Waals surface area contributed by atoms with Gasteiger partial charge in [0.15, 0.2) is 5.65 Å². The lowest BCUT2D eigenvalue weighted by Crippen LogP contribution is -2.11. The highest BCUT2D eigenvalue weighted by molar-refractivity contribution is 5.81. The fraction of sp³-hybridized carbons (Fsp3) is 0.300. The molecule has 0 bridgehead atoms. The molecule has 1 aliphatic carbocycles. The Bertz CT molecular complexity index is 1830. The van der Waals surface area contributed by atoms with Gasteiger partial charge >= 0.3 is 0 Å². The Morgan fingerprint density at radius 3 is 2.62 bits per heavy atom. The topological polar surface area (TPSA) is 124 Å². The number of benzene rings is 2. The Balaban J connectivity index is 1.26. The molecule has 1 aliphatic rings. The summed E-state index contributed by atoms with van der Waals surface area (Å²) in [7, 11) is 0. The maximum Gasteiger partial charge on any atom is 0.220 e. The summed E-state index contributed by atoms with van der Waals surface area (Å²) in [4.78, 5) is 10.0. The third-order valence-electron chi connectivity index (χ3n) is 7.93. The Hall–Kier alpha value is -4.73. The van der Waals surface area contributed by atoms with Crippen LogP contribution in [0.3, 0.4) is 0 Å². The van der Waals surface area contributed by atoms with Crippen molar-refractivity contribution in [3.05, 3.63) is 88.5 Å². The first-order chi connectivity index (χ1) is 19.6. The van der Waals surface area contributed by atoms with Crippen molar-refractivity contribution in [1.82, 2.24) is 45.4 Å². The number of rotatable bonds is 7. The number of aromatic nitrogens is 9. The van der Waals surface area contributed by atoms with Gasteiger partial charge in [-0.05, 0) is 58.4 Å². The number of hydrogen-bond donors (Lipinski definition) is 1. The smallest absolute Gasteiger partial charge is 0.220 e. The lowest BCUT2D eigenvalue weighted by molar-refractivity contribution is 0.462. The van der Waals surface area contributed by atoms with Crippen LogP contribution in [0, 0.1) is 6.92 Å². The number of tetrazole rings is 1. The van der Waals surface area contributed by atoms with Crippen molar-refractivity contribution in [3.8, 4) is 22.5 Å². The fourth-order valence-electron chi connectivity index (χ4n) is 5.89. The van der Waals surface area contributed by atoms with E-state index in [9.17, 15) is 0 Å². The molecular weight excluding hydrogens is 502 g/mol. The van der Waals surface area contributed by atoms with Crippen molar-refractivity contribution in [2.75, 3.05) is 0 Å². The van der Waals surface area contributed by atoms with Crippen molar-refractivity contribution >= 4 is 11.2 Å². The van der Waals surface area contributed by atoms with Crippen LogP contribution >= 0.6 is 0 Å². The van der Waals surface area contributed by atoms with E-state index in [2.05, 4.69) is 73.5 Å². The molecule has 0 aliphatic heterocycles. The van der Waals surface area contributed by atoms with E-state index in [-0.39, 0.29) is 6.04 Å². The quantitative estimate of drug-likeness (QED) is 0.297. The first kappa shape index (κ1) is 24.3. The van der Waals surface area contributed by atoms with Crippen LogP contribution in [0.15, 0.2) is 53.1 Å². The molecule has 6 aromatic rings. The number of imidazole rings is 1. The van der Waals surface area contributed by atoms with Gasteiger partial charge in [0, 0.05) is 24.6 Å². The summed E-state index contributed by atoms with van der Waals surface area (Å²) in [6.45, 7) is 6.28. The van der Waals surface area contributed by atoms with Crippen molar-refractivity contribution in [3.63, 3.8) is 0 Å². The lowest BCUT2D eigenvalue weighted by Gasteiger charge is -2.18. The molecule has 0 saturated carbocycles. The van der Waals surface area contributed by atoms with Gasteiger partial charge in [-0.2, -0.15) is 5.21 Å². The number of hydrogen-bond acceptors (Lipinski definition) is 8. The second-order valence-corrected chi connectivity index (χ2v) is 10.2. The Labute approximate surface area is 230 Å². The third kappa shape index (κ3) is 3.98. The summed E-state index contributed by atoms with van der Waals surface area (Å²) >= 11 is 0. The highest BCUT2D eigenvalue weighted by Crippen LogP contribution is 2.40. The molecule has 200 valence electrons. The van der Waals surface area contributed by atoms with Crippen molar-refractivity contribution in [2.45, 2.75) is 58.9 Å². The van der Waals surface area contributed by atoms with Crippen LogP contribution in [0.1, 0.15) is 66.2 Å². The third-order valence-corrected chi connectivity index (χ3v) is 7.93. The van der Waals surface area contributed by atoms with E-state index in [1.54, 1.807) is 0 Å². The van der Waals surface area contributed by atoms with Gasteiger partial charge in [-0.25, -0.2) is 9.97 Å². The van der Waals surface area contributed by atoms with E-state index in [1.807, 2.05) is 31.3 Å². The van der Waals surface area contributed by atoms with Gasteiger partial charge < -0.3 is 8.98 Å². The maximum atomic E-state index is 5.76. The number of pyridine rings is 1. The molecular formula is C30H29N9O. The van der Waals surface area contributed by atoms with E-state index < -0.39 is 0 Å². The zero-order valence-electron chi connectivity index (χ0n) is 22.7.